The summed E-state index contributed by atoms with van der Waals surface area (Å²) in [5.74, 6) is 0. The molecule has 256 valence electrons. The van der Waals surface area contributed by atoms with Crippen molar-refractivity contribution in [3.05, 3.63) is 188 Å². The van der Waals surface area contributed by atoms with Gasteiger partial charge in [-0.1, -0.05) is 133 Å². The maximum Gasteiger partial charge on any atom is 0.135 e. The highest BCUT2D eigenvalue weighted by atomic mass is 32.1. The molecule has 0 saturated heterocycles. The Morgan fingerprint density at radius 2 is 0.909 bits per heavy atom. The van der Waals surface area contributed by atoms with Crippen LogP contribution in [0.2, 0.25) is 0 Å². The summed E-state index contributed by atoms with van der Waals surface area (Å²) < 4.78 is 11.2. The number of nitrogens with zero attached hydrogens (tertiary/aromatic N) is 1. The molecule has 0 aliphatic rings. The van der Waals surface area contributed by atoms with Gasteiger partial charge in [-0.25, -0.2) is 0 Å². The first kappa shape index (κ1) is 30.5. The number of rotatable bonds is 2. The Morgan fingerprint density at radius 1 is 0.327 bits per heavy atom. The van der Waals surface area contributed by atoms with Crippen molar-refractivity contribution in [2.45, 2.75) is 0 Å². The van der Waals surface area contributed by atoms with Crippen molar-refractivity contribution in [2.24, 2.45) is 0 Å². The average Bonchev–Trinajstić information content (AvgIpc) is 3.79. The molecule has 12 aromatic rings. The van der Waals surface area contributed by atoms with Crippen LogP contribution in [-0.4, -0.2) is 4.57 Å². The lowest BCUT2D eigenvalue weighted by Gasteiger charge is -2.14. The van der Waals surface area contributed by atoms with Crippen molar-refractivity contribution in [1.82, 2.24) is 4.57 Å². The van der Waals surface area contributed by atoms with Crippen molar-refractivity contribution in [3.8, 4) is 16.8 Å². The van der Waals surface area contributed by atoms with E-state index in [4.69, 9.17) is 4.42 Å². The number of para-hydroxylation sites is 2. The third-order valence-electron chi connectivity index (χ3n) is 11.4. The molecule has 55 heavy (non-hydrogen) atoms. The standard InChI is InChI=1S/C52H31NOS/c1-2-14-36-35(13-1)40-17-5-9-25-51(40)55-52-26-10-6-18-41(52)43-31-48-44(30-42(36)43)38-15-3-7-22-46(38)53(48)47-23-12-20-34-33(19-11-21-37(34)47)32-27-28-50-45(29-32)39-16-4-8-24-49(39)54-50/h1-31H. The summed E-state index contributed by atoms with van der Waals surface area (Å²) in [6, 6.07) is 68.8. The van der Waals surface area contributed by atoms with Gasteiger partial charge >= 0.3 is 0 Å². The third-order valence-corrected chi connectivity index (χ3v) is 12.6. The lowest BCUT2D eigenvalue weighted by Crippen LogP contribution is -1.96. The summed E-state index contributed by atoms with van der Waals surface area (Å²) in [5.41, 5.74) is 7.76. The highest BCUT2D eigenvalue weighted by Gasteiger charge is 2.18. The third kappa shape index (κ3) is 4.54. The minimum absolute atomic E-state index is 0.910. The molecule has 0 bridgehead atoms. The van der Waals surface area contributed by atoms with Crippen molar-refractivity contribution in [2.75, 3.05) is 0 Å². The Balaban J connectivity index is 1.20. The van der Waals surface area contributed by atoms with Gasteiger partial charge in [0, 0.05) is 36.3 Å². The van der Waals surface area contributed by atoms with E-state index in [1.54, 1.807) is 0 Å². The Morgan fingerprint density at radius 3 is 1.73 bits per heavy atom. The van der Waals surface area contributed by atoms with Crippen LogP contribution in [0.15, 0.2) is 192 Å². The Labute approximate surface area is 320 Å². The number of aromatic nitrogens is 1. The highest BCUT2D eigenvalue weighted by Crippen LogP contribution is 2.42. The molecular weight excluding hydrogens is 687 g/mol. The summed E-state index contributed by atoms with van der Waals surface area (Å²) in [4.78, 5) is 0. The molecule has 2 nitrogen and oxygen atoms in total. The van der Waals surface area contributed by atoms with Gasteiger partial charge in [-0.05, 0) is 103 Å². The maximum atomic E-state index is 6.19. The first-order valence-corrected chi connectivity index (χ1v) is 19.6. The van der Waals surface area contributed by atoms with E-state index in [1.807, 2.05) is 23.5 Å². The van der Waals surface area contributed by atoms with E-state index in [1.165, 1.54) is 91.1 Å². The molecule has 0 saturated carbocycles. The predicted molar refractivity (Wildman–Crippen MR) is 237 cm³/mol. The van der Waals surface area contributed by atoms with Crippen molar-refractivity contribution in [3.63, 3.8) is 0 Å². The smallest absolute Gasteiger partial charge is 0.135 e. The SMILES string of the molecule is c1ccc2c(c1)oc1ccc(-c3cccc4c(-n5c6ccccc6c6cc7c(cc65)c5ccccc5sc5ccccc5c5ccccc57)cccc34)cc12. The zero-order valence-corrected chi connectivity index (χ0v) is 30.5. The van der Waals surface area contributed by atoms with Gasteiger partial charge in [-0.2, -0.15) is 0 Å². The van der Waals surface area contributed by atoms with E-state index in [9.17, 15) is 0 Å². The number of furan rings is 1. The second-order valence-electron chi connectivity index (χ2n) is 14.4. The topological polar surface area (TPSA) is 18.1 Å². The Kier molecular flexibility index (Phi) is 6.54. The van der Waals surface area contributed by atoms with Crippen molar-refractivity contribution in [1.29, 1.82) is 0 Å². The molecule has 0 fully saturated rings. The van der Waals surface area contributed by atoms with Gasteiger partial charge < -0.3 is 8.98 Å². The summed E-state index contributed by atoms with van der Waals surface area (Å²) in [5, 5.41) is 14.7. The minimum Gasteiger partial charge on any atom is -0.456 e. The van der Waals surface area contributed by atoms with Gasteiger partial charge in [0.15, 0.2) is 0 Å². The first-order chi connectivity index (χ1) is 27.3. The molecule has 0 aliphatic carbocycles. The normalized spacial score (nSPS) is 12.0. The van der Waals surface area contributed by atoms with Crippen LogP contribution in [0.1, 0.15) is 0 Å². The minimum atomic E-state index is 0.910. The largest absolute Gasteiger partial charge is 0.456 e. The monoisotopic (exact) mass is 717 g/mol. The number of hydrogen-bond acceptors (Lipinski definition) is 2. The zero-order chi connectivity index (χ0) is 36.0. The summed E-state index contributed by atoms with van der Waals surface area (Å²) in [7, 11) is 0. The molecule has 0 unspecified atom stereocenters. The molecule has 0 N–H and O–H groups in total. The average molecular weight is 718 g/mol. The fraction of sp³-hybridized carbons (Fsp3) is 0. The summed E-state index contributed by atoms with van der Waals surface area (Å²) in [6.07, 6.45) is 0. The van der Waals surface area contributed by atoms with Crippen LogP contribution < -0.4 is 0 Å². The van der Waals surface area contributed by atoms with Gasteiger partial charge in [0.1, 0.15) is 11.2 Å². The number of fused-ring (bicyclic) bond motifs is 14. The summed E-state index contributed by atoms with van der Waals surface area (Å²) >= 11 is 1.86. The fourth-order valence-corrected chi connectivity index (χ4v) is 10.1. The molecular formula is C52H31NOS. The Bertz CT molecular complexity index is 3620. The summed E-state index contributed by atoms with van der Waals surface area (Å²) in [6.45, 7) is 0. The molecule has 3 aromatic heterocycles. The van der Waals surface area contributed by atoms with E-state index in [-0.39, 0.29) is 0 Å². The molecule has 0 atom stereocenters. The van der Waals surface area contributed by atoms with E-state index >= 15 is 0 Å². The van der Waals surface area contributed by atoms with Crippen LogP contribution in [-0.2, 0) is 0 Å². The number of benzene rings is 9. The van der Waals surface area contributed by atoms with Crippen LogP contribution in [0, 0.1) is 0 Å². The Hall–Kier alpha value is -6.94. The van der Waals surface area contributed by atoms with Crippen LogP contribution in [0.3, 0.4) is 0 Å². The van der Waals surface area contributed by atoms with Gasteiger partial charge in [0.25, 0.3) is 0 Å². The molecule has 12 rings (SSSR count). The van der Waals surface area contributed by atoms with E-state index in [0.29, 0.717) is 0 Å². The van der Waals surface area contributed by atoms with E-state index in [0.717, 1.165) is 21.9 Å². The van der Waals surface area contributed by atoms with Crippen molar-refractivity contribution < 1.29 is 4.42 Å². The fourth-order valence-electron chi connectivity index (χ4n) is 8.98. The van der Waals surface area contributed by atoms with Gasteiger partial charge in [-0.3, -0.25) is 0 Å². The van der Waals surface area contributed by atoms with Crippen LogP contribution in [0.4, 0.5) is 0 Å². The van der Waals surface area contributed by atoms with Crippen LogP contribution >= 0.6 is 11.3 Å². The highest BCUT2D eigenvalue weighted by molar-refractivity contribution is 7.24. The first-order valence-electron chi connectivity index (χ1n) is 18.8. The zero-order valence-electron chi connectivity index (χ0n) is 29.7. The molecule has 0 aliphatic heterocycles. The van der Waals surface area contributed by atoms with Crippen LogP contribution in [0.25, 0.3) is 113 Å². The van der Waals surface area contributed by atoms with Crippen molar-refractivity contribution >= 4 is 108 Å². The second-order valence-corrected chi connectivity index (χ2v) is 15.5. The maximum absolute atomic E-state index is 6.19. The number of hydrogen-bond donors (Lipinski definition) is 0. The second kappa shape index (κ2) is 11.8. The molecule has 0 amide bonds. The molecule has 9 aromatic carbocycles. The van der Waals surface area contributed by atoms with Crippen LogP contribution in [0.5, 0.6) is 0 Å². The van der Waals surface area contributed by atoms with Gasteiger partial charge in [0.05, 0.1) is 16.7 Å². The molecule has 0 spiro atoms. The quantitative estimate of drug-likeness (QED) is 0.174. The molecule has 3 heteroatoms. The van der Waals surface area contributed by atoms with E-state index < -0.39 is 0 Å². The lowest BCUT2D eigenvalue weighted by atomic mass is 9.96. The molecule has 3 heterocycles. The lowest BCUT2D eigenvalue weighted by molar-refractivity contribution is 0.669. The predicted octanol–water partition coefficient (Wildman–Crippen LogP) is 15.3. The molecule has 0 radical (unpaired) electrons. The van der Waals surface area contributed by atoms with Gasteiger partial charge in [-0.15, -0.1) is 11.3 Å². The van der Waals surface area contributed by atoms with E-state index in [2.05, 4.69) is 180 Å². The van der Waals surface area contributed by atoms with Gasteiger partial charge in [0.2, 0.25) is 0 Å².